The summed E-state index contributed by atoms with van der Waals surface area (Å²) in [5, 5.41) is 2.38. The maximum absolute atomic E-state index is 10.7. The Morgan fingerprint density at radius 2 is 1.92 bits per heavy atom. The predicted octanol–water partition coefficient (Wildman–Crippen LogP) is -1.33. The van der Waals surface area contributed by atoms with Crippen molar-refractivity contribution >= 4 is 11.9 Å². The lowest BCUT2D eigenvalue weighted by Gasteiger charge is -2.20. The third kappa shape index (κ3) is 3.20. The van der Waals surface area contributed by atoms with Gasteiger partial charge in [0.25, 0.3) is 0 Å². The number of nitrogens with two attached hydrogens (primary N) is 2. The molecule has 0 rings (SSSR count). The topological polar surface area (TPSA) is 110 Å². The molecule has 12 heavy (non-hydrogen) atoms. The average Bonchev–Trinajstić information content (AvgIpc) is 2.00. The van der Waals surface area contributed by atoms with Crippen LogP contribution >= 0.6 is 0 Å². The molecular weight excluding hydrogens is 160 g/mol. The van der Waals surface area contributed by atoms with E-state index < -0.39 is 17.4 Å². The van der Waals surface area contributed by atoms with Gasteiger partial charge >= 0.3 is 6.03 Å². The highest BCUT2D eigenvalue weighted by Gasteiger charge is 2.25. The Morgan fingerprint density at radius 1 is 1.42 bits per heavy atom. The first-order chi connectivity index (χ1) is 5.40. The van der Waals surface area contributed by atoms with Crippen molar-refractivity contribution in [2.24, 2.45) is 17.0 Å². The molecule has 0 aliphatic heterocycles. The van der Waals surface area contributed by atoms with Crippen LogP contribution in [0.2, 0.25) is 0 Å². The number of hydrogen-bond acceptors (Lipinski definition) is 3. The van der Waals surface area contributed by atoms with Crippen molar-refractivity contribution in [2.45, 2.75) is 13.8 Å². The number of hydrazine groups is 1. The van der Waals surface area contributed by atoms with E-state index in [1.165, 1.54) is 0 Å². The highest BCUT2D eigenvalue weighted by Crippen LogP contribution is 2.11. The van der Waals surface area contributed by atoms with Crippen LogP contribution in [0.4, 0.5) is 4.79 Å². The lowest BCUT2D eigenvalue weighted by Crippen LogP contribution is -2.47. The number of primary amides is 1. The minimum absolute atomic E-state index is 0.158. The number of nitrogens with one attached hydrogen (secondary N) is 2. The fourth-order valence-corrected chi connectivity index (χ4v) is 0.439. The second-order valence-corrected chi connectivity index (χ2v) is 3.08. The van der Waals surface area contributed by atoms with Crippen LogP contribution in [0.5, 0.6) is 0 Å². The van der Waals surface area contributed by atoms with E-state index in [1.807, 2.05) is 5.43 Å². The molecule has 0 saturated carbocycles. The number of carbonyl (C=O) groups is 2. The zero-order chi connectivity index (χ0) is 9.78. The van der Waals surface area contributed by atoms with Crippen molar-refractivity contribution in [3.63, 3.8) is 0 Å². The van der Waals surface area contributed by atoms with Gasteiger partial charge in [0.2, 0.25) is 5.91 Å². The molecule has 0 spiro atoms. The van der Waals surface area contributed by atoms with Gasteiger partial charge in [0.15, 0.2) is 0 Å². The van der Waals surface area contributed by atoms with Crippen LogP contribution in [0.1, 0.15) is 13.8 Å². The Morgan fingerprint density at radius 3 is 2.25 bits per heavy atom. The van der Waals surface area contributed by atoms with Crippen molar-refractivity contribution < 1.29 is 9.59 Å². The molecule has 0 aromatic heterocycles. The molecule has 0 radical (unpaired) electrons. The monoisotopic (exact) mass is 174 g/mol. The molecule has 0 aromatic rings. The molecule has 0 aliphatic rings. The maximum Gasteiger partial charge on any atom is 0.328 e. The summed E-state index contributed by atoms with van der Waals surface area (Å²) in [6, 6.07) is -0.538. The number of carbonyl (C=O) groups excluding carboxylic acids is 2. The molecular formula is C6H14N4O2. The molecule has 6 heteroatoms. The summed E-state index contributed by atoms with van der Waals surface area (Å²) in [4.78, 5) is 21.3. The second kappa shape index (κ2) is 3.91. The molecule has 6 N–H and O–H groups in total. The van der Waals surface area contributed by atoms with Gasteiger partial charge in [0.05, 0.1) is 5.41 Å². The van der Waals surface area contributed by atoms with Gasteiger partial charge in [-0.1, -0.05) is 0 Å². The van der Waals surface area contributed by atoms with Gasteiger partial charge in [-0.3, -0.25) is 10.2 Å². The lowest BCUT2D eigenvalue weighted by molar-refractivity contribution is -0.125. The largest absolute Gasteiger partial charge is 0.369 e. The minimum Gasteiger partial charge on any atom is -0.369 e. The molecule has 0 atom stereocenters. The van der Waals surface area contributed by atoms with Crippen LogP contribution in [-0.4, -0.2) is 18.5 Å². The summed E-state index contributed by atoms with van der Waals surface area (Å²) in [6.07, 6.45) is 0. The Balaban J connectivity index is 3.92. The minimum atomic E-state index is -0.757. The van der Waals surface area contributed by atoms with Gasteiger partial charge in [-0.2, -0.15) is 0 Å². The van der Waals surface area contributed by atoms with Gasteiger partial charge in [0.1, 0.15) is 0 Å². The zero-order valence-electron chi connectivity index (χ0n) is 7.18. The van der Waals surface area contributed by atoms with E-state index >= 15 is 0 Å². The predicted molar refractivity (Wildman–Crippen MR) is 43.7 cm³/mol. The van der Waals surface area contributed by atoms with Gasteiger partial charge in [-0.15, -0.1) is 0 Å². The molecule has 70 valence electrons. The van der Waals surface area contributed by atoms with Crippen molar-refractivity contribution in [3.05, 3.63) is 0 Å². The van der Waals surface area contributed by atoms with Gasteiger partial charge in [-0.25, -0.2) is 10.6 Å². The van der Waals surface area contributed by atoms with Crippen molar-refractivity contribution in [1.29, 1.82) is 0 Å². The number of amides is 3. The van der Waals surface area contributed by atoms with Gasteiger partial charge < -0.3 is 11.1 Å². The first-order valence-corrected chi connectivity index (χ1v) is 3.44. The van der Waals surface area contributed by atoms with Gasteiger partial charge in [-0.05, 0) is 13.8 Å². The Bertz CT molecular complexity index is 190. The molecule has 0 saturated heterocycles. The lowest BCUT2D eigenvalue weighted by atomic mass is 9.93. The third-order valence-corrected chi connectivity index (χ3v) is 1.49. The Labute approximate surface area is 70.6 Å². The van der Waals surface area contributed by atoms with Crippen molar-refractivity contribution in [3.8, 4) is 0 Å². The van der Waals surface area contributed by atoms with Crippen LogP contribution in [0.15, 0.2) is 0 Å². The summed E-state index contributed by atoms with van der Waals surface area (Å²) in [5.74, 6) is 4.33. The fourth-order valence-electron chi connectivity index (χ4n) is 0.439. The van der Waals surface area contributed by atoms with E-state index in [0.717, 1.165) is 0 Å². The quantitative estimate of drug-likeness (QED) is 0.242. The third-order valence-electron chi connectivity index (χ3n) is 1.49. The van der Waals surface area contributed by atoms with Crippen LogP contribution in [-0.2, 0) is 4.79 Å². The maximum atomic E-state index is 10.7. The van der Waals surface area contributed by atoms with E-state index in [1.54, 1.807) is 13.8 Å². The molecule has 0 bridgehead atoms. The fraction of sp³-hybridized carbons (Fsp3) is 0.667. The first-order valence-electron chi connectivity index (χ1n) is 3.44. The standard InChI is InChI=1S/C6H14N4O2/c1-6(2,4(7)11)3-9-5(12)10-8/h3,8H2,1-2H3,(H2,7,11)(H2,9,10,12). The van der Waals surface area contributed by atoms with E-state index in [-0.39, 0.29) is 6.54 Å². The molecule has 0 unspecified atom stereocenters. The smallest absolute Gasteiger partial charge is 0.328 e. The SMILES string of the molecule is CC(C)(CNC(=O)NN)C(N)=O. The summed E-state index contributed by atoms with van der Waals surface area (Å²) >= 11 is 0. The highest BCUT2D eigenvalue weighted by molar-refractivity contribution is 5.81. The van der Waals surface area contributed by atoms with Crippen LogP contribution in [0.25, 0.3) is 0 Å². The summed E-state index contributed by atoms with van der Waals surface area (Å²) in [7, 11) is 0. The summed E-state index contributed by atoms with van der Waals surface area (Å²) in [6.45, 7) is 3.42. The molecule has 6 nitrogen and oxygen atoms in total. The summed E-state index contributed by atoms with van der Waals surface area (Å²) in [5.41, 5.74) is 6.17. The molecule has 0 heterocycles. The van der Waals surface area contributed by atoms with Crippen molar-refractivity contribution in [1.82, 2.24) is 10.7 Å². The number of rotatable bonds is 3. The molecule has 3 amide bonds. The van der Waals surface area contributed by atoms with E-state index in [4.69, 9.17) is 11.6 Å². The molecule has 0 aromatic carbocycles. The van der Waals surface area contributed by atoms with Crippen LogP contribution in [0, 0.1) is 5.41 Å². The zero-order valence-corrected chi connectivity index (χ0v) is 7.18. The number of hydrogen-bond donors (Lipinski definition) is 4. The summed E-state index contributed by atoms with van der Waals surface area (Å²) < 4.78 is 0. The molecule has 0 fully saturated rings. The first kappa shape index (κ1) is 10.7. The van der Waals surface area contributed by atoms with Crippen molar-refractivity contribution in [2.75, 3.05) is 6.54 Å². The second-order valence-electron chi connectivity index (χ2n) is 3.08. The van der Waals surface area contributed by atoms with E-state index in [0.29, 0.717) is 0 Å². The Kier molecular flexibility index (Phi) is 3.49. The normalized spacial score (nSPS) is 10.6. The van der Waals surface area contributed by atoms with Crippen LogP contribution in [0.3, 0.4) is 0 Å². The Hall–Kier alpha value is -1.30. The average molecular weight is 174 g/mol. The van der Waals surface area contributed by atoms with E-state index in [2.05, 4.69) is 5.32 Å². The number of urea groups is 1. The molecule has 0 aliphatic carbocycles. The highest BCUT2D eigenvalue weighted by atomic mass is 16.2. The van der Waals surface area contributed by atoms with Crippen LogP contribution < -0.4 is 22.3 Å². The van der Waals surface area contributed by atoms with Gasteiger partial charge in [0, 0.05) is 6.54 Å². The van der Waals surface area contributed by atoms with E-state index in [9.17, 15) is 9.59 Å².